The molecule has 2 aliphatic rings. The number of carbonyl (C=O) groups is 1. The number of hydrogen-bond acceptors (Lipinski definition) is 4. The van der Waals surface area contributed by atoms with Crippen molar-refractivity contribution in [2.24, 2.45) is 0 Å². The number of ether oxygens (including phenoxy) is 1. The Morgan fingerprint density at radius 3 is 3.15 bits per heavy atom. The summed E-state index contributed by atoms with van der Waals surface area (Å²) in [7, 11) is 0. The fourth-order valence-corrected chi connectivity index (χ4v) is 3.04. The lowest BCUT2D eigenvalue weighted by molar-refractivity contribution is -0.122. The molecular weight excluding hydrogens is 256 g/mol. The highest BCUT2D eigenvalue weighted by Gasteiger charge is 2.23. The molecule has 0 bridgehead atoms. The summed E-state index contributed by atoms with van der Waals surface area (Å²) >= 11 is 0. The van der Waals surface area contributed by atoms with Gasteiger partial charge in [-0.25, -0.2) is 0 Å². The lowest BCUT2D eigenvalue weighted by Gasteiger charge is -2.25. The molecule has 0 aliphatic carbocycles. The number of fused-ring (bicyclic) bond motifs is 1. The second-order valence-corrected chi connectivity index (χ2v) is 5.75. The van der Waals surface area contributed by atoms with Gasteiger partial charge in [0, 0.05) is 32.0 Å². The molecule has 1 N–H and O–H groups in total. The van der Waals surface area contributed by atoms with Gasteiger partial charge in [0.05, 0.1) is 6.10 Å². The van der Waals surface area contributed by atoms with Crippen LogP contribution >= 0.6 is 0 Å². The predicted octanol–water partition coefficient (Wildman–Crippen LogP) is 0.977. The van der Waals surface area contributed by atoms with Gasteiger partial charge in [0.25, 0.3) is 0 Å². The van der Waals surface area contributed by atoms with Crippen molar-refractivity contribution in [1.82, 2.24) is 20.1 Å². The quantitative estimate of drug-likeness (QED) is 0.891. The summed E-state index contributed by atoms with van der Waals surface area (Å²) in [5.41, 5.74) is 0. The highest BCUT2D eigenvalue weighted by molar-refractivity contribution is 5.76. The Balaban J connectivity index is 1.46. The molecule has 1 fully saturated rings. The van der Waals surface area contributed by atoms with Crippen LogP contribution in [0, 0.1) is 6.92 Å². The van der Waals surface area contributed by atoms with Gasteiger partial charge >= 0.3 is 0 Å². The fourth-order valence-electron chi connectivity index (χ4n) is 3.04. The monoisotopic (exact) mass is 278 g/mol. The maximum Gasteiger partial charge on any atom is 0.220 e. The minimum atomic E-state index is 0.139. The Labute approximate surface area is 118 Å². The molecule has 1 aromatic rings. The van der Waals surface area contributed by atoms with Crippen LogP contribution in [0.15, 0.2) is 0 Å². The average Bonchev–Trinajstić information content (AvgIpc) is 3.07. The minimum absolute atomic E-state index is 0.139. The Hall–Kier alpha value is -1.43. The van der Waals surface area contributed by atoms with E-state index >= 15 is 0 Å². The Morgan fingerprint density at radius 2 is 2.35 bits per heavy atom. The maximum absolute atomic E-state index is 12.0. The van der Waals surface area contributed by atoms with E-state index in [1.54, 1.807) is 0 Å². The molecule has 0 radical (unpaired) electrons. The predicted molar refractivity (Wildman–Crippen MR) is 73.2 cm³/mol. The summed E-state index contributed by atoms with van der Waals surface area (Å²) < 4.78 is 7.65. The van der Waals surface area contributed by atoms with Crippen molar-refractivity contribution < 1.29 is 9.53 Å². The average molecular weight is 278 g/mol. The van der Waals surface area contributed by atoms with Gasteiger partial charge in [-0.3, -0.25) is 4.79 Å². The lowest BCUT2D eigenvalue weighted by atomic mass is 10.1. The zero-order valence-electron chi connectivity index (χ0n) is 12.0. The van der Waals surface area contributed by atoms with Crippen LogP contribution in [0.2, 0.25) is 0 Å². The third-order valence-electron chi connectivity index (χ3n) is 4.21. The molecule has 1 aromatic heterocycles. The van der Waals surface area contributed by atoms with Crippen molar-refractivity contribution in [2.75, 3.05) is 6.61 Å². The van der Waals surface area contributed by atoms with Gasteiger partial charge in [-0.15, -0.1) is 10.2 Å². The van der Waals surface area contributed by atoms with Gasteiger partial charge < -0.3 is 14.6 Å². The van der Waals surface area contributed by atoms with Crippen molar-refractivity contribution in [3.05, 3.63) is 11.6 Å². The van der Waals surface area contributed by atoms with Crippen LogP contribution < -0.4 is 5.32 Å². The van der Waals surface area contributed by atoms with Crippen LogP contribution in [0.1, 0.15) is 43.8 Å². The van der Waals surface area contributed by atoms with Crippen molar-refractivity contribution >= 4 is 5.91 Å². The van der Waals surface area contributed by atoms with Crippen LogP contribution in [-0.2, 0) is 22.5 Å². The summed E-state index contributed by atoms with van der Waals surface area (Å²) in [5, 5.41) is 11.4. The summed E-state index contributed by atoms with van der Waals surface area (Å²) in [4.78, 5) is 12.0. The molecule has 3 heterocycles. The number of aryl methyl sites for hydroxylation is 2. The highest BCUT2D eigenvalue weighted by Crippen LogP contribution is 2.18. The summed E-state index contributed by atoms with van der Waals surface area (Å²) in [6, 6.07) is 0.203. The SMILES string of the molecule is Cc1nnc2n1CC(NC(=O)CCC1CCCO1)CC2. The van der Waals surface area contributed by atoms with Crippen LogP contribution in [0.4, 0.5) is 0 Å². The van der Waals surface area contributed by atoms with E-state index in [0.29, 0.717) is 12.5 Å². The molecule has 110 valence electrons. The van der Waals surface area contributed by atoms with Crippen LogP contribution in [0.25, 0.3) is 0 Å². The third-order valence-corrected chi connectivity index (χ3v) is 4.21. The number of nitrogens with one attached hydrogen (secondary N) is 1. The van der Waals surface area contributed by atoms with Crippen molar-refractivity contribution in [2.45, 2.75) is 64.1 Å². The summed E-state index contributed by atoms with van der Waals surface area (Å²) in [5.74, 6) is 2.10. The van der Waals surface area contributed by atoms with Gasteiger partial charge in [0.1, 0.15) is 11.6 Å². The van der Waals surface area contributed by atoms with Gasteiger partial charge in [-0.05, 0) is 32.6 Å². The van der Waals surface area contributed by atoms with E-state index in [9.17, 15) is 4.79 Å². The van der Waals surface area contributed by atoms with Crippen molar-refractivity contribution in [1.29, 1.82) is 0 Å². The zero-order valence-corrected chi connectivity index (χ0v) is 12.0. The van der Waals surface area contributed by atoms with Crippen LogP contribution in [0.3, 0.4) is 0 Å². The maximum atomic E-state index is 12.0. The molecule has 1 saturated heterocycles. The topological polar surface area (TPSA) is 69.0 Å². The van der Waals surface area contributed by atoms with Gasteiger partial charge in [-0.2, -0.15) is 0 Å². The highest BCUT2D eigenvalue weighted by atomic mass is 16.5. The smallest absolute Gasteiger partial charge is 0.220 e. The molecule has 2 aliphatic heterocycles. The number of carbonyl (C=O) groups excluding carboxylic acids is 1. The van der Waals surface area contributed by atoms with Crippen LogP contribution in [0.5, 0.6) is 0 Å². The molecule has 6 nitrogen and oxygen atoms in total. The van der Waals surface area contributed by atoms with Gasteiger partial charge in [-0.1, -0.05) is 0 Å². The number of hydrogen-bond donors (Lipinski definition) is 1. The molecule has 6 heteroatoms. The molecule has 0 aromatic carbocycles. The first kappa shape index (κ1) is 13.5. The van der Waals surface area contributed by atoms with E-state index in [0.717, 1.165) is 56.9 Å². The molecule has 1 amide bonds. The first-order valence-corrected chi connectivity index (χ1v) is 7.52. The van der Waals surface area contributed by atoms with E-state index in [2.05, 4.69) is 20.1 Å². The second-order valence-electron chi connectivity index (χ2n) is 5.75. The second kappa shape index (κ2) is 5.91. The molecule has 3 rings (SSSR count). The van der Waals surface area contributed by atoms with E-state index in [1.807, 2.05) is 6.92 Å². The van der Waals surface area contributed by atoms with E-state index in [4.69, 9.17) is 4.74 Å². The van der Waals surface area contributed by atoms with Gasteiger partial charge in [0.15, 0.2) is 0 Å². The molecule has 0 spiro atoms. The number of nitrogens with zero attached hydrogens (tertiary/aromatic N) is 3. The van der Waals surface area contributed by atoms with E-state index < -0.39 is 0 Å². The zero-order chi connectivity index (χ0) is 13.9. The third kappa shape index (κ3) is 3.00. The molecule has 2 atom stereocenters. The van der Waals surface area contributed by atoms with Crippen molar-refractivity contribution in [3.8, 4) is 0 Å². The number of rotatable bonds is 4. The molecular formula is C14H22N4O2. The van der Waals surface area contributed by atoms with Crippen LogP contribution in [-0.4, -0.2) is 39.4 Å². The largest absolute Gasteiger partial charge is 0.378 e. The number of aromatic nitrogens is 3. The first-order valence-electron chi connectivity index (χ1n) is 7.52. The molecule has 2 unspecified atom stereocenters. The Bertz CT molecular complexity index is 480. The van der Waals surface area contributed by atoms with E-state index in [1.165, 1.54) is 0 Å². The minimum Gasteiger partial charge on any atom is -0.378 e. The molecule has 0 saturated carbocycles. The van der Waals surface area contributed by atoms with E-state index in [-0.39, 0.29) is 11.9 Å². The first-order chi connectivity index (χ1) is 9.72. The summed E-state index contributed by atoms with van der Waals surface area (Å²) in [6.45, 7) is 3.60. The molecule has 20 heavy (non-hydrogen) atoms. The van der Waals surface area contributed by atoms with Gasteiger partial charge in [0.2, 0.25) is 5.91 Å². The normalized spacial score (nSPS) is 25.4. The fraction of sp³-hybridized carbons (Fsp3) is 0.786. The number of amides is 1. The summed E-state index contributed by atoms with van der Waals surface area (Å²) in [6.07, 6.45) is 5.76. The standard InChI is InChI=1S/C14H22N4O2/c1-10-16-17-13-6-4-11(9-18(10)13)15-14(19)7-5-12-3-2-8-20-12/h11-12H,2-9H2,1H3,(H,15,19). The Kier molecular flexibility index (Phi) is 4.00. The van der Waals surface area contributed by atoms with Crippen molar-refractivity contribution in [3.63, 3.8) is 0 Å². The lowest BCUT2D eigenvalue weighted by Crippen LogP contribution is -2.41. The Morgan fingerprint density at radius 1 is 1.45 bits per heavy atom.